The normalized spacial score (nSPS) is 13.3. The fourth-order valence-corrected chi connectivity index (χ4v) is 1.75. The molecule has 0 saturated carbocycles. The Labute approximate surface area is 108 Å². The molecular weight excluding hydrogens is 255 g/mol. The third-order valence-electron chi connectivity index (χ3n) is 2.72. The first-order chi connectivity index (χ1) is 8.97. The van der Waals surface area contributed by atoms with Gasteiger partial charge >= 0.3 is 6.18 Å². The zero-order valence-corrected chi connectivity index (χ0v) is 9.93. The van der Waals surface area contributed by atoms with Crippen LogP contribution in [0.1, 0.15) is 22.7 Å². The molecule has 0 aliphatic carbocycles. The van der Waals surface area contributed by atoms with Crippen LogP contribution in [0.5, 0.6) is 0 Å². The van der Waals surface area contributed by atoms with Gasteiger partial charge in [0.2, 0.25) is 0 Å². The summed E-state index contributed by atoms with van der Waals surface area (Å²) in [7, 11) is 0. The quantitative estimate of drug-likeness (QED) is 0.930. The van der Waals surface area contributed by atoms with E-state index in [9.17, 15) is 13.2 Å². The molecule has 2 N–H and O–H groups in total. The molecule has 2 rings (SSSR count). The van der Waals surface area contributed by atoms with Gasteiger partial charge in [-0.25, -0.2) is 9.97 Å². The minimum Gasteiger partial charge on any atom is -0.324 e. The van der Waals surface area contributed by atoms with E-state index >= 15 is 0 Å². The molecule has 0 fully saturated rings. The van der Waals surface area contributed by atoms with E-state index in [2.05, 4.69) is 9.97 Å². The van der Waals surface area contributed by atoms with Gasteiger partial charge in [0.25, 0.3) is 0 Å². The van der Waals surface area contributed by atoms with Gasteiger partial charge in [-0.1, -0.05) is 18.2 Å². The first-order valence-corrected chi connectivity index (χ1v) is 5.63. The lowest BCUT2D eigenvalue weighted by atomic mass is 10.0. The number of halogens is 3. The van der Waals surface area contributed by atoms with Crippen molar-refractivity contribution in [2.24, 2.45) is 5.73 Å². The molecule has 3 nitrogen and oxygen atoms in total. The van der Waals surface area contributed by atoms with E-state index in [1.807, 2.05) is 0 Å². The lowest BCUT2D eigenvalue weighted by Crippen LogP contribution is -2.14. The largest absolute Gasteiger partial charge is 0.416 e. The van der Waals surface area contributed by atoms with Crippen LogP contribution in [0.3, 0.4) is 0 Å². The standard InChI is InChI=1S/C13H12F3N3/c14-13(15,16)11-3-1-2-9(4-11)5-12(17)10-6-18-8-19-7-10/h1-4,6-8,12H,5,17H2. The molecule has 0 aliphatic rings. The Bertz CT molecular complexity index is 540. The maximum absolute atomic E-state index is 12.6. The Hall–Kier alpha value is -1.95. The van der Waals surface area contributed by atoms with E-state index in [4.69, 9.17) is 5.73 Å². The predicted octanol–water partition coefficient (Wildman–Crippen LogP) is 2.74. The van der Waals surface area contributed by atoms with E-state index in [0.717, 1.165) is 12.1 Å². The number of aromatic nitrogens is 2. The third-order valence-corrected chi connectivity index (χ3v) is 2.72. The van der Waals surface area contributed by atoms with Crippen LogP contribution in [0.2, 0.25) is 0 Å². The summed E-state index contributed by atoms with van der Waals surface area (Å²) in [5.41, 5.74) is 6.49. The number of alkyl halides is 3. The SMILES string of the molecule is NC(Cc1cccc(C(F)(F)F)c1)c1cncnc1. The Morgan fingerprint density at radius 2 is 1.84 bits per heavy atom. The summed E-state index contributed by atoms with van der Waals surface area (Å²) in [6.45, 7) is 0. The van der Waals surface area contributed by atoms with Gasteiger partial charge in [-0.2, -0.15) is 13.2 Å². The number of nitrogens with zero attached hydrogens (tertiary/aromatic N) is 2. The van der Waals surface area contributed by atoms with Gasteiger partial charge in [-0.3, -0.25) is 0 Å². The highest BCUT2D eigenvalue weighted by molar-refractivity contribution is 5.27. The van der Waals surface area contributed by atoms with Crippen molar-refractivity contribution in [2.45, 2.75) is 18.6 Å². The minimum absolute atomic E-state index is 0.303. The minimum atomic E-state index is -4.34. The van der Waals surface area contributed by atoms with Crippen LogP contribution in [0, 0.1) is 0 Å². The second-order valence-electron chi connectivity index (χ2n) is 4.18. The van der Waals surface area contributed by atoms with Crippen LogP contribution in [-0.2, 0) is 12.6 Å². The number of hydrogen-bond acceptors (Lipinski definition) is 3. The van der Waals surface area contributed by atoms with Crippen molar-refractivity contribution in [2.75, 3.05) is 0 Å². The van der Waals surface area contributed by atoms with Gasteiger partial charge in [-0.05, 0) is 18.1 Å². The number of benzene rings is 1. The van der Waals surface area contributed by atoms with E-state index in [-0.39, 0.29) is 0 Å². The Morgan fingerprint density at radius 1 is 1.16 bits per heavy atom. The van der Waals surface area contributed by atoms with Crippen molar-refractivity contribution in [3.63, 3.8) is 0 Å². The second-order valence-corrected chi connectivity index (χ2v) is 4.18. The molecule has 19 heavy (non-hydrogen) atoms. The molecule has 6 heteroatoms. The molecule has 0 aliphatic heterocycles. The van der Waals surface area contributed by atoms with Gasteiger partial charge in [0.05, 0.1) is 5.56 Å². The van der Waals surface area contributed by atoms with Gasteiger partial charge in [0, 0.05) is 24.0 Å². The fourth-order valence-electron chi connectivity index (χ4n) is 1.75. The summed E-state index contributed by atoms with van der Waals surface area (Å²) >= 11 is 0. The lowest BCUT2D eigenvalue weighted by Gasteiger charge is -2.13. The molecule has 0 spiro atoms. The van der Waals surface area contributed by atoms with Crippen molar-refractivity contribution in [1.29, 1.82) is 0 Å². The second kappa shape index (κ2) is 5.36. The zero-order valence-electron chi connectivity index (χ0n) is 9.93. The van der Waals surface area contributed by atoms with Gasteiger partial charge in [0.15, 0.2) is 0 Å². The van der Waals surface area contributed by atoms with Crippen LogP contribution in [0.25, 0.3) is 0 Å². The Morgan fingerprint density at radius 3 is 2.47 bits per heavy atom. The van der Waals surface area contributed by atoms with Crippen LogP contribution in [0.15, 0.2) is 43.0 Å². The van der Waals surface area contributed by atoms with Crippen LogP contribution in [-0.4, -0.2) is 9.97 Å². The highest BCUT2D eigenvalue weighted by Crippen LogP contribution is 2.30. The smallest absolute Gasteiger partial charge is 0.324 e. The molecule has 1 atom stereocenters. The molecule has 1 heterocycles. The maximum Gasteiger partial charge on any atom is 0.416 e. The predicted molar refractivity (Wildman–Crippen MR) is 64.1 cm³/mol. The molecular formula is C13H12F3N3. The highest BCUT2D eigenvalue weighted by atomic mass is 19.4. The van der Waals surface area contributed by atoms with E-state index in [1.165, 1.54) is 12.4 Å². The van der Waals surface area contributed by atoms with Crippen molar-refractivity contribution < 1.29 is 13.2 Å². The monoisotopic (exact) mass is 267 g/mol. The molecule has 1 aromatic heterocycles. The van der Waals surface area contributed by atoms with E-state index in [1.54, 1.807) is 18.5 Å². The molecule has 1 unspecified atom stereocenters. The molecule has 2 aromatic rings. The number of hydrogen-bond donors (Lipinski definition) is 1. The van der Waals surface area contributed by atoms with E-state index in [0.29, 0.717) is 17.5 Å². The van der Waals surface area contributed by atoms with Crippen molar-refractivity contribution in [3.8, 4) is 0 Å². The van der Waals surface area contributed by atoms with Gasteiger partial charge in [0.1, 0.15) is 6.33 Å². The van der Waals surface area contributed by atoms with Gasteiger partial charge in [-0.15, -0.1) is 0 Å². The molecule has 0 radical (unpaired) electrons. The molecule has 0 amide bonds. The van der Waals surface area contributed by atoms with Crippen LogP contribution >= 0.6 is 0 Å². The van der Waals surface area contributed by atoms with E-state index < -0.39 is 17.8 Å². The Balaban J connectivity index is 2.16. The lowest BCUT2D eigenvalue weighted by molar-refractivity contribution is -0.137. The number of nitrogens with two attached hydrogens (primary N) is 1. The topological polar surface area (TPSA) is 51.8 Å². The average Bonchev–Trinajstić information content (AvgIpc) is 2.39. The molecule has 1 aromatic carbocycles. The first-order valence-electron chi connectivity index (χ1n) is 5.63. The van der Waals surface area contributed by atoms with Crippen molar-refractivity contribution in [1.82, 2.24) is 9.97 Å². The highest BCUT2D eigenvalue weighted by Gasteiger charge is 2.30. The summed E-state index contributed by atoms with van der Waals surface area (Å²) < 4.78 is 37.7. The first kappa shape index (κ1) is 13.5. The van der Waals surface area contributed by atoms with Crippen LogP contribution in [0.4, 0.5) is 13.2 Å². The summed E-state index contributed by atoms with van der Waals surface area (Å²) in [5, 5.41) is 0. The zero-order chi connectivity index (χ0) is 13.9. The molecule has 100 valence electrons. The van der Waals surface area contributed by atoms with Crippen LogP contribution < -0.4 is 5.73 Å². The van der Waals surface area contributed by atoms with Crippen molar-refractivity contribution >= 4 is 0 Å². The van der Waals surface area contributed by atoms with Gasteiger partial charge < -0.3 is 5.73 Å². The summed E-state index contributed by atoms with van der Waals surface area (Å²) in [5.74, 6) is 0. The average molecular weight is 267 g/mol. The summed E-state index contributed by atoms with van der Waals surface area (Å²) in [6.07, 6.45) is 0.463. The number of rotatable bonds is 3. The molecule has 0 bridgehead atoms. The maximum atomic E-state index is 12.6. The Kier molecular flexibility index (Phi) is 3.80. The fraction of sp³-hybridized carbons (Fsp3) is 0.231. The summed E-state index contributed by atoms with van der Waals surface area (Å²) in [6, 6.07) is 4.74. The van der Waals surface area contributed by atoms with Crippen molar-refractivity contribution in [3.05, 3.63) is 59.7 Å². The third kappa shape index (κ3) is 3.51. The summed E-state index contributed by atoms with van der Waals surface area (Å²) in [4.78, 5) is 7.67. The molecule has 0 saturated heterocycles.